The monoisotopic (exact) mass is 264 g/mol. The number of aliphatic hydroxyl groups excluding tert-OH is 1. The van der Waals surface area contributed by atoms with Crippen LogP contribution in [-0.2, 0) is 0 Å². The average Bonchev–Trinajstić information content (AvgIpc) is 2.48. The molecule has 3 nitrogen and oxygen atoms in total. The lowest BCUT2D eigenvalue weighted by Gasteiger charge is -2.26. The van der Waals surface area contributed by atoms with Gasteiger partial charge in [0.15, 0.2) is 11.5 Å². The predicted octanol–water partition coefficient (Wildman–Crippen LogP) is 3.41. The molecule has 0 spiro atoms. The van der Waals surface area contributed by atoms with Crippen LogP contribution in [0.25, 0.3) is 0 Å². The first-order valence-electron chi connectivity index (χ1n) is 7.25. The van der Waals surface area contributed by atoms with Crippen LogP contribution < -0.4 is 9.47 Å². The first-order chi connectivity index (χ1) is 9.31. The van der Waals surface area contributed by atoms with E-state index >= 15 is 0 Å². The van der Waals surface area contributed by atoms with Crippen molar-refractivity contribution in [2.24, 2.45) is 5.92 Å². The molecular weight excluding hydrogens is 240 g/mol. The van der Waals surface area contributed by atoms with Crippen LogP contribution >= 0.6 is 0 Å². The number of rotatable bonds is 6. The number of methoxy groups -OCH3 is 1. The van der Waals surface area contributed by atoms with Crippen LogP contribution in [0.1, 0.15) is 38.5 Å². The molecule has 106 valence electrons. The quantitative estimate of drug-likeness (QED) is 0.855. The lowest BCUT2D eigenvalue weighted by Crippen LogP contribution is -2.24. The molecular formula is C16H24O3. The third-order valence-electron chi connectivity index (χ3n) is 3.93. The second kappa shape index (κ2) is 7.39. The zero-order valence-electron chi connectivity index (χ0n) is 11.7. The summed E-state index contributed by atoms with van der Waals surface area (Å²) in [7, 11) is 1.64. The first-order valence-corrected chi connectivity index (χ1v) is 7.25. The Bertz CT molecular complexity index is 372. The third-order valence-corrected chi connectivity index (χ3v) is 3.93. The number of hydrogen-bond acceptors (Lipinski definition) is 3. The number of benzene rings is 1. The van der Waals surface area contributed by atoms with Gasteiger partial charge < -0.3 is 14.6 Å². The van der Waals surface area contributed by atoms with Crippen molar-refractivity contribution in [3.05, 3.63) is 24.3 Å². The third kappa shape index (κ3) is 4.13. The summed E-state index contributed by atoms with van der Waals surface area (Å²) in [4.78, 5) is 0. The van der Waals surface area contributed by atoms with Gasteiger partial charge >= 0.3 is 0 Å². The molecule has 0 bridgehead atoms. The van der Waals surface area contributed by atoms with E-state index in [-0.39, 0.29) is 6.10 Å². The molecule has 0 saturated heterocycles. The topological polar surface area (TPSA) is 38.7 Å². The minimum atomic E-state index is -0.227. The molecule has 1 aliphatic carbocycles. The maximum absolute atomic E-state index is 10.2. The zero-order valence-corrected chi connectivity index (χ0v) is 11.7. The minimum absolute atomic E-state index is 0.227. The summed E-state index contributed by atoms with van der Waals surface area (Å²) in [5.74, 6) is 1.96. The van der Waals surface area contributed by atoms with Gasteiger partial charge in [-0.05, 0) is 30.9 Å². The summed E-state index contributed by atoms with van der Waals surface area (Å²) >= 11 is 0. The normalized spacial score (nSPS) is 18.0. The van der Waals surface area contributed by atoms with E-state index in [9.17, 15) is 5.11 Å². The molecule has 1 atom stereocenters. The van der Waals surface area contributed by atoms with Crippen molar-refractivity contribution in [3.8, 4) is 11.5 Å². The molecule has 0 amide bonds. The van der Waals surface area contributed by atoms with Gasteiger partial charge in [0, 0.05) is 6.42 Å². The molecule has 1 aromatic carbocycles. The molecule has 1 aliphatic rings. The summed E-state index contributed by atoms with van der Waals surface area (Å²) in [5.41, 5.74) is 0. The number of para-hydroxylation sites is 2. The van der Waals surface area contributed by atoms with Gasteiger partial charge in [-0.2, -0.15) is 0 Å². The molecule has 3 heteroatoms. The highest BCUT2D eigenvalue weighted by molar-refractivity contribution is 5.39. The Morgan fingerprint density at radius 1 is 1.16 bits per heavy atom. The molecule has 0 radical (unpaired) electrons. The van der Waals surface area contributed by atoms with E-state index in [2.05, 4.69) is 0 Å². The molecule has 19 heavy (non-hydrogen) atoms. The van der Waals surface area contributed by atoms with Gasteiger partial charge in [-0.3, -0.25) is 0 Å². The molecule has 1 unspecified atom stereocenters. The molecule has 1 saturated carbocycles. The van der Waals surface area contributed by atoms with E-state index in [0.717, 1.165) is 24.3 Å². The van der Waals surface area contributed by atoms with Crippen molar-refractivity contribution in [1.29, 1.82) is 0 Å². The fourth-order valence-electron chi connectivity index (χ4n) is 2.78. The Morgan fingerprint density at radius 2 is 1.84 bits per heavy atom. The Hall–Kier alpha value is -1.22. The molecule has 1 fully saturated rings. The van der Waals surface area contributed by atoms with Gasteiger partial charge in [0.2, 0.25) is 0 Å². The van der Waals surface area contributed by atoms with E-state index in [0.29, 0.717) is 18.9 Å². The second-order valence-electron chi connectivity index (χ2n) is 5.25. The zero-order chi connectivity index (χ0) is 13.5. The summed E-state index contributed by atoms with van der Waals surface area (Å²) < 4.78 is 10.9. The van der Waals surface area contributed by atoms with Gasteiger partial charge in [-0.1, -0.05) is 31.4 Å². The van der Waals surface area contributed by atoms with E-state index < -0.39 is 0 Å². The van der Waals surface area contributed by atoms with Gasteiger partial charge in [-0.25, -0.2) is 0 Å². The van der Waals surface area contributed by atoms with Crippen LogP contribution in [0.2, 0.25) is 0 Å². The van der Waals surface area contributed by atoms with Crippen LogP contribution in [0, 0.1) is 5.92 Å². The number of hydrogen-bond donors (Lipinski definition) is 1. The van der Waals surface area contributed by atoms with Crippen molar-refractivity contribution in [2.45, 2.75) is 44.6 Å². The van der Waals surface area contributed by atoms with Crippen LogP contribution in [0.3, 0.4) is 0 Å². The van der Waals surface area contributed by atoms with Crippen molar-refractivity contribution >= 4 is 0 Å². The molecule has 0 aromatic heterocycles. The standard InChI is InChI=1S/C16H24O3/c1-18-15-9-5-6-10-16(15)19-12-11-14(17)13-7-3-2-4-8-13/h5-6,9-10,13-14,17H,2-4,7-8,11-12H2,1H3. The number of aliphatic hydroxyl groups is 1. The lowest BCUT2D eigenvalue weighted by molar-refractivity contribution is 0.0637. The largest absolute Gasteiger partial charge is 0.493 e. The Labute approximate surface area is 115 Å². The van der Waals surface area contributed by atoms with Crippen molar-refractivity contribution in [3.63, 3.8) is 0 Å². The Kier molecular flexibility index (Phi) is 5.52. The maximum atomic E-state index is 10.2. The lowest BCUT2D eigenvalue weighted by atomic mass is 9.84. The molecule has 2 rings (SSSR count). The van der Waals surface area contributed by atoms with Gasteiger partial charge in [0.25, 0.3) is 0 Å². The predicted molar refractivity (Wildman–Crippen MR) is 75.7 cm³/mol. The van der Waals surface area contributed by atoms with Gasteiger partial charge in [-0.15, -0.1) is 0 Å². The molecule has 1 aromatic rings. The highest BCUT2D eigenvalue weighted by atomic mass is 16.5. The smallest absolute Gasteiger partial charge is 0.161 e. The highest BCUT2D eigenvalue weighted by Gasteiger charge is 2.21. The number of ether oxygens (including phenoxy) is 2. The van der Waals surface area contributed by atoms with Crippen LogP contribution in [0.15, 0.2) is 24.3 Å². The van der Waals surface area contributed by atoms with Crippen LogP contribution in [0.4, 0.5) is 0 Å². The van der Waals surface area contributed by atoms with Crippen molar-refractivity contribution < 1.29 is 14.6 Å². The summed E-state index contributed by atoms with van der Waals surface area (Å²) in [6, 6.07) is 7.62. The first kappa shape index (κ1) is 14.2. The highest BCUT2D eigenvalue weighted by Crippen LogP contribution is 2.29. The molecule has 0 aliphatic heterocycles. The minimum Gasteiger partial charge on any atom is -0.493 e. The van der Waals surface area contributed by atoms with Gasteiger partial charge in [0.1, 0.15) is 0 Å². The fraction of sp³-hybridized carbons (Fsp3) is 0.625. The van der Waals surface area contributed by atoms with E-state index in [1.165, 1.54) is 19.3 Å². The Morgan fingerprint density at radius 3 is 2.53 bits per heavy atom. The molecule has 0 heterocycles. The summed E-state index contributed by atoms with van der Waals surface area (Å²) in [6.45, 7) is 0.540. The van der Waals surface area contributed by atoms with E-state index in [1.54, 1.807) is 7.11 Å². The summed E-state index contributed by atoms with van der Waals surface area (Å²) in [6.07, 6.45) is 6.63. The fourth-order valence-corrected chi connectivity index (χ4v) is 2.78. The average molecular weight is 264 g/mol. The van der Waals surface area contributed by atoms with Gasteiger partial charge in [0.05, 0.1) is 19.8 Å². The molecule has 1 N–H and O–H groups in total. The van der Waals surface area contributed by atoms with Crippen LogP contribution in [0.5, 0.6) is 11.5 Å². The summed E-state index contributed by atoms with van der Waals surface area (Å²) in [5, 5.41) is 10.2. The van der Waals surface area contributed by atoms with E-state index in [1.807, 2.05) is 24.3 Å². The van der Waals surface area contributed by atoms with Crippen LogP contribution in [-0.4, -0.2) is 24.9 Å². The van der Waals surface area contributed by atoms with E-state index in [4.69, 9.17) is 9.47 Å². The SMILES string of the molecule is COc1ccccc1OCCC(O)C1CCCCC1. The Balaban J connectivity index is 1.76. The maximum Gasteiger partial charge on any atom is 0.161 e. The second-order valence-corrected chi connectivity index (χ2v) is 5.25. The van der Waals surface area contributed by atoms with Crippen molar-refractivity contribution in [1.82, 2.24) is 0 Å². The van der Waals surface area contributed by atoms with Crippen molar-refractivity contribution in [2.75, 3.05) is 13.7 Å².